The van der Waals surface area contributed by atoms with Crippen molar-refractivity contribution in [3.05, 3.63) is 47.9 Å². The summed E-state index contributed by atoms with van der Waals surface area (Å²) in [6.07, 6.45) is 4.61. The van der Waals surface area contributed by atoms with Gasteiger partial charge in [-0.15, -0.1) is 0 Å². The second-order valence-electron chi connectivity index (χ2n) is 3.85. The Morgan fingerprint density at radius 1 is 1.42 bits per heavy atom. The molecule has 0 aliphatic rings. The van der Waals surface area contributed by atoms with Crippen LogP contribution < -0.4 is 15.8 Å². The number of aromatic nitrogens is 2. The molecule has 0 fully saturated rings. The fraction of sp³-hybridized carbons (Fsp3) is 0.154. The number of ether oxygens (including phenoxy) is 1. The van der Waals surface area contributed by atoms with Gasteiger partial charge in [-0.3, -0.25) is 9.78 Å². The average Bonchev–Trinajstić information content (AvgIpc) is 2.45. The molecule has 0 aliphatic carbocycles. The smallest absolute Gasteiger partial charge is 0.255 e. The summed E-state index contributed by atoms with van der Waals surface area (Å²) in [6, 6.07) is 5.15. The monoisotopic (exact) mass is 258 g/mol. The van der Waals surface area contributed by atoms with Gasteiger partial charge in [0.25, 0.3) is 5.91 Å². The Hall–Kier alpha value is -2.63. The number of anilines is 1. The summed E-state index contributed by atoms with van der Waals surface area (Å²) >= 11 is 0. The normalized spacial score (nSPS) is 9.95. The van der Waals surface area contributed by atoms with E-state index in [1.165, 1.54) is 6.20 Å². The highest BCUT2D eigenvalue weighted by Gasteiger charge is 2.09. The van der Waals surface area contributed by atoms with Crippen molar-refractivity contribution < 1.29 is 9.53 Å². The minimum absolute atomic E-state index is 0.263. The van der Waals surface area contributed by atoms with E-state index in [-0.39, 0.29) is 5.91 Å². The van der Waals surface area contributed by atoms with Gasteiger partial charge in [0.1, 0.15) is 0 Å². The number of nitrogens with zero attached hydrogens (tertiary/aromatic N) is 2. The first-order valence-electron chi connectivity index (χ1n) is 5.67. The predicted octanol–water partition coefficient (Wildman–Crippen LogP) is 0.997. The maximum Gasteiger partial charge on any atom is 0.255 e. The molecule has 0 saturated heterocycles. The van der Waals surface area contributed by atoms with E-state index >= 15 is 0 Å². The van der Waals surface area contributed by atoms with Crippen molar-refractivity contribution >= 4 is 11.6 Å². The Labute approximate surface area is 110 Å². The van der Waals surface area contributed by atoms with Crippen molar-refractivity contribution in [1.82, 2.24) is 15.3 Å². The molecular formula is C13H14N4O2. The van der Waals surface area contributed by atoms with Crippen molar-refractivity contribution in [2.45, 2.75) is 6.54 Å². The van der Waals surface area contributed by atoms with Gasteiger partial charge >= 0.3 is 0 Å². The van der Waals surface area contributed by atoms with Crippen LogP contribution in [0.25, 0.3) is 0 Å². The van der Waals surface area contributed by atoms with E-state index in [4.69, 9.17) is 10.5 Å². The van der Waals surface area contributed by atoms with Gasteiger partial charge < -0.3 is 15.8 Å². The minimum Gasteiger partial charge on any atom is -0.481 e. The highest BCUT2D eigenvalue weighted by molar-refractivity contribution is 5.98. The fourth-order valence-electron chi connectivity index (χ4n) is 1.54. The van der Waals surface area contributed by atoms with Crippen LogP contribution in [0.5, 0.6) is 5.88 Å². The van der Waals surface area contributed by atoms with E-state index in [1.807, 2.05) is 0 Å². The highest BCUT2D eigenvalue weighted by atomic mass is 16.5. The molecule has 19 heavy (non-hydrogen) atoms. The number of nitrogens with two attached hydrogens (primary N) is 1. The van der Waals surface area contributed by atoms with Crippen molar-refractivity contribution in [1.29, 1.82) is 0 Å². The zero-order valence-electron chi connectivity index (χ0n) is 10.5. The molecule has 0 radical (unpaired) electrons. The van der Waals surface area contributed by atoms with Crippen LogP contribution in [0, 0.1) is 0 Å². The summed E-state index contributed by atoms with van der Waals surface area (Å²) in [5, 5.41) is 2.77. The van der Waals surface area contributed by atoms with Gasteiger partial charge in [-0.05, 0) is 17.7 Å². The molecule has 2 aromatic rings. The Morgan fingerprint density at radius 2 is 2.26 bits per heavy atom. The molecule has 0 aliphatic heterocycles. The van der Waals surface area contributed by atoms with E-state index in [2.05, 4.69) is 15.3 Å². The second kappa shape index (κ2) is 5.81. The number of amides is 1. The van der Waals surface area contributed by atoms with Crippen molar-refractivity contribution in [3.8, 4) is 5.88 Å². The fourth-order valence-corrected chi connectivity index (χ4v) is 1.54. The van der Waals surface area contributed by atoms with Gasteiger partial charge in [-0.25, -0.2) is 4.98 Å². The molecule has 98 valence electrons. The van der Waals surface area contributed by atoms with Crippen LogP contribution in [0.15, 0.2) is 36.8 Å². The van der Waals surface area contributed by atoms with Crippen LogP contribution in [-0.4, -0.2) is 23.0 Å². The quantitative estimate of drug-likeness (QED) is 0.853. The van der Waals surface area contributed by atoms with Gasteiger partial charge in [0.05, 0.1) is 12.7 Å². The molecular weight excluding hydrogens is 244 g/mol. The molecule has 2 heterocycles. The Kier molecular flexibility index (Phi) is 3.92. The lowest BCUT2D eigenvalue weighted by Gasteiger charge is -2.07. The van der Waals surface area contributed by atoms with Gasteiger partial charge in [0, 0.05) is 36.9 Å². The molecule has 6 heteroatoms. The van der Waals surface area contributed by atoms with Crippen molar-refractivity contribution in [3.63, 3.8) is 0 Å². The molecule has 0 aromatic carbocycles. The van der Waals surface area contributed by atoms with Gasteiger partial charge in [0.2, 0.25) is 5.88 Å². The van der Waals surface area contributed by atoms with Gasteiger partial charge in [0.15, 0.2) is 0 Å². The molecule has 0 saturated carbocycles. The lowest BCUT2D eigenvalue weighted by Crippen LogP contribution is -2.24. The van der Waals surface area contributed by atoms with E-state index in [0.29, 0.717) is 23.7 Å². The van der Waals surface area contributed by atoms with E-state index in [9.17, 15) is 4.79 Å². The van der Waals surface area contributed by atoms with E-state index in [1.54, 1.807) is 37.7 Å². The average molecular weight is 258 g/mol. The SMILES string of the molecule is COc1cc(CNC(=O)c2cnccc2N)ccn1. The lowest BCUT2D eigenvalue weighted by molar-refractivity contribution is 0.0951. The van der Waals surface area contributed by atoms with Gasteiger partial charge in [-0.1, -0.05) is 0 Å². The van der Waals surface area contributed by atoms with Crippen LogP contribution >= 0.6 is 0 Å². The maximum atomic E-state index is 11.9. The Balaban J connectivity index is 2.02. The van der Waals surface area contributed by atoms with Gasteiger partial charge in [-0.2, -0.15) is 0 Å². The molecule has 0 bridgehead atoms. The first-order chi connectivity index (χ1) is 9.20. The summed E-state index contributed by atoms with van der Waals surface area (Å²) < 4.78 is 5.01. The first-order valence-corrected chi connectivity index (χ1v) is 5.67. The van der Waals surface area contributed by atoms with Crippen LogP contribution in [0.4, 0.5) is 5.69 Å². The summed E-state index contributed by atoms with van der Waals surface area (Å²) in [5.41, 5.74) is 7.36. The zero-order valence-corrected chi connectivity index (χ0v) is 10.5. The van der Waals surface area contributed by atoms with Crippen LogP contribution in [-0.2, 0) is 6.54 Å². The van der Waals surface area contributed by atoms with E-state index in [0.717, 1.165) is 5.56 Å². The number of pyridine rings is 2. The first kappa shape index (κ1) is 12.8. The minimum atomic E-state index is -0.263. The number of rotatable bonds is 4. The molecule has 1 amide bonds. The molecule has 0 atom stereocenters. The Bertz CT molecular complexity index is 586. The molecule has 0 unspecified atom stereocenters. The lowest BCUT2D eigenvalue weighted by atomic mass is 10.2. The number of nitrogens with one attached hydrogen (secondary N) is 1. The summed E-state index contributed by atoms with van der Waals surface area (Å²) in [6.45, 7) is 0.367. The van der Waals surface area contributed by atoms with Crippen LogP contribution in [0.1, 0.15) is 15.9 Å². The number of hydrogen-bond donors (Lipinski definition) is 2. The Morgan fingerprint density at radius 3 is 3.00 bits per heavy atom. The highest BCUT2D eigenvalue weighted by Crippen LogP contribution is 2.10. The largest absolute Gasteiger partial charge is 0.481 e. The summed E-state index contributed by atoms with van der Waals surface area (Å²) in [5.74, 6) is 0.244. The van der Waals surface area contributed by atoms with E-state index < -0.39 is 0 Å². The number of methoxy groups -OCH3 is 1. The predicted molar refractivity (Wildman–Crippen MR) is 70.6 cm³/mol. The molecule has 2 aromatic heterocycles. The number of carbonyl (C=O) groups excluding carboxylic acids is 1. The molecule has 0 spiro atoms. The zero-order chi connectivity index (χ0) is 13.7. The third-order valence-corrected chi connectivity index (χ3v) is 2.56. The topological polar surface area (TPSA) is 90.1 Å². The number of carbonyl (C=O) groups is 1. The standard InChI is InChI=1S/C13H14N4O2/c1-19-12-6-9(2-5-16-12)7-17-13(18)10-8-15-4-3-11(10)14/h2-6,8H,7H2,1H3,(H2,14,15)(H,17,18). The molecule has 6 nitrogen and oxygen atoms in total. The third kappa shape index (κ3) is 3.19. The summed E-state index contributed by atoms with van der Waals surface area (Å²) in [7, 11) is 1.54. The summed E-state index contributed by atoms with van der Waals surface area (Å²) in [4.78, 5) is 19.8. The van der Waals surface area contributed by atoms with Crippen molar-refractivity contribution in [2.75, 3.05) is 12.8 Å². The molecule has 3 N–H and O–H groups in total. The number of nitrogen functional groups attached to an aromatic ring is 1. The van der Waals surface area contributed by atoms with Crippen LogP contribution in [0.2, 0.25) is 0 Å². The third-order valence-electron chi connectivity index (χ3n) is 2.56. The molecule has 2 rings (SSSR count). The number of hydrogen-bond acceptors (Lipinski definition) is 5. The second-order valence-corrected chi connectivity index (χ2v) is 3.85. The van der Waals surface area contributed by atoms with Crippen LogP contribution in [0.3, 0.4) is 0 Å². The maximum absolute atomic E-state index is 11.9. The van der Waals surface area contributed by atoms with Crippen molar-refractivity contribution in [2.24, 2.45) is 0 Å².